The molecule has 0 atom stereocenters. The van der Waals surface area contributed by atoms with E-state index in [0.717, 1.165) is 33.3 Å². The summed E-state index contributed by atoms with van der Waals surface area (Å²) in [6.45, 7) is 3.88. The van der Waals surface area contributed by atoms with Gasteiger partial charge >= 0.3 is 0 Å². The van der Waals surface area contributed by atoms with Crippen LogP contribution in [-0.2, 0) is 0 Å². The summed E-state index contributed by atoms with van der Waals surface area (Å²) in [5.41, 5.74) is 4.33. The second-order valence-electron chi connectivity index (χ2n) is 5.96. The summed E-state index contributed by atoms with van der Waals surface area (Å²) in [7, 11) is 0. The maximum absolute atomic E-state index is 12.6. The van der Waals surface area contributed by atoms with Gasteiger partial charge in [-0.1, -0.05) is 42.5 Å². The van der Waals surface area contributed by atoms with Crippen molar-refractivity contribution >= 4 is 28.1 Å². The van der Waals surface area contributed by atoms with Gasteiger partial charge in [-0.15, -0.1) is 0 Å². The van der Waals surface area contributed by atoms with Gasteiger partial charge in [0.25, 0.3) is 0 Å². The minimum absolute atomic E-state index is 0.0999. The van der Waals surface area contributed by atoms with E-state index >= 15 is 0 Å². The van der Waals surface area contributed by atoms with Gasteiger partial charge < -0.3 is 0 Å². The van der Waals surface area contributed by atoms with Crippen LogP contribution in [0, 0.1) is 13.8 Å². The molecule has 0 spiro atoms. The lowest BCUT2D eigenvalue weighted by Gasteiger charge is -2.17. The van der Waals surface area contributed by atoms with Gasteiger partial charge in [0, 0.05) is 11.3 Å². The molecule has 23 heavy (non-hydrogen) atoms. The molecule has 0 aliphatic carbocycles. The minimum Gasteiger partial charge on any atom is -0.294 e. The number of nitrogens with zero attached hydrogens (tertiary/aromatic N) is 2. The third-order valence-electron chi connectivity index (χ3n) is 4.27. The Balaban J connectivity index is 1.96. The Morgan fingerprint density at radius 3 is 2.65 bits per heavy atom. The third kappa shape index (κ3) is 2.25. The number of carbonyl (C=O) groups is 1. The van der Waals surface area contributed by atoms with E-state index < -0.39 is 0 Å². The molecule has 0 fully saturated rings. The first-order valence-corrected chi connectivity index (χ1v) is 7.70. The largest absolute Gasteiger partial charge is 0.294 e. The Labute approximate surface area is 134 Å². The smallest absolute Gasteiger partial charge is 0.172 e. The van der Waals surface area contributed by atoms with Gasteiger partial charge in [0.15, 0.2) is 11.6 Å². The number of hydrogen-bond donors (Lipinski definition) is 0. The molecule has 0 amide bonds. The van der Waals surface area contributed by atoms with Crippen LogP contribution in [0.4, 0.5) is 5.82 Å². The van der Waals surface area contributed by atoms with Crippen LogP contribution < -0.4 is 0 Å². The summed E-state index contributed by atoms with van der Waals surface area (Å²) in [6, 6.07) is 16.2. The van der Waals surface area contributed by atoms with Crippen molar-refractivity contribution in [1.82, 2.24) is 4.98 Å². The molecule has 2 aromatic carbocycles. The molecule has 112 valence electrons. The lowest BCUT2D eigenvalue weighted by Crippen LogP contribution is -2.17. The first-order valence-electron chi connectivity index (χ1n) is 7.70. The number of carbonyl (C=O) groups excluding carboxylic acids is 1. The number of rotatable bonds is 1. The van der Waals surface area contributed by atoms with E-state index in [-0.39, 0.29) is 5.78 Å². The molecular weight excluding hydrogens is 284 g/mol. The average molecular weight is 300 g/mol. The molecule has 0 saturated carbocycles. The van der Waals surface area contributed by atoms with Crippen molar-refractivity contribution in [3.8, 4) is 0 Å². The summed E-state index contributed by atoms with van der Waals surface area (Å²) in [5, 5.41) is 2.27. The minimum atomic E-state index is 0.0999. The summed E-state index contributed by atoms with van der Waals surface area (Å²) >= 11 is 0. The van der Waals surface area contributed by atoms with Crippen LogP contribution >= 0.6 is 0 Å². The molecule has 1 aliphatic heterocycles. The standard InChI is InChI=1S/C20H16N2O/c1-12-10-13(2)21-20-19(12)18(23)11-17(22-20)16-9-5-7-14-6-3-4-8-15(14)16/h3-10H,11H2,1-2H3. The van der Waals surface area contributed by atoms with Crippen molar-refractivity contribution in [2.75, 3.05) is 0 Å². The van der Waals surface area contributed by atoms with Crippen molar-refractivity contribution < 1.29 is 4.79 Å². The average Bonchev–Trinajstić information content (AvgIpc) is 2.53. The number of Topliss-reactive ketones (excluding diaryl/α,β-unsaturated/α-hetero) is 1. The van der Waals surface area contributed by atoms with Gasteiger partial charge in [0.2, 0.25) is 0 Å². The van der Waals surface area contributed by atoms with E-state index in [1.54, 1.807) is 0 Å². The molecule has 0 saturated heterocycles. The van der Waals surface area contributed by atoms with Gasteiger partial charge in [-0.3, -0.25) is 4.79 Å². The maximum Gasteiger partial charge on any atom is 0.172 e. The highest BCUT2D eigenvalue weighted by Gasteiger charge is 2.24. The number of hydrogen-bond acceptors (Lipinski definition) is 3. The van der Waals surface area contributed by atoms with Crippen LogP contribution in [0.25, 0.3) is 10.8 Å². The van der Waals surface area contributed by atoms with Gasteiger partial charge in [0.05, 0.1) is 17.7 Å². The van der Waals surface area contributed by atoms with Crippen LogP contribution in [0.3, 0.4) is 0 Å². The number of benzene rings is 2. The van der Waals surface area contributed by atoms with E-state index in [1.807, 2.05) is 44.2 Å². The monoisotopic (exact) mass is 300 g/mol. The number of ketones is 1. The number of pyridine rings is 1. The highest BCUT2D eigenvalue weighted by atomic mass is 16.1. The molecule has 3 aromatic rings. The molecule has 0 radical (unpaired) electrons. The first kappa shape index (κ1) is 13.8. The molecule has 1 aliphatic rings. The Morgan fingerprint density at radius 1 is 1.00 bits per heavy atom. The molecule has 0 bridgehead atoms. The van der Waals surface area contributed by atoms with Crippen molar-refractivity contribution in [2.24, 2.45) is 4.99 Å². The third-order valence-corrected chi connectivity index (χ3v) is 4.27. The lowest BCUT2D eigenvalue weighted by atomic mass is 9.92. The molecule has 4 rings (SSSR count). The van der Waals surface area contributed by atoms with Crippen LogP contribution in [0.1, 0.15) is 33.6 Å². The molecule has 1 aromatic heterocycles. The highest BCUT2D eigenvalue weighted by Crippen LogP contribution is 2.31. The van der Waals surface area contributed by atoms with E-state index in [9.17, 15) is 4.79 Å². The highest BCUT2D eigenvalue weighted by molar-refractivity contribution is 6.24. The first-order chi connectivity index (χ1) is 11.1. The van der Waals surface area contributed by atoms with E-state index in [1.165, 1.54) is 0 Å². The van der Waals surface area contributed by atoms with Crippen LogP contribution in [0.5, 0.6) is 0 Å². The van der Waals surface area contributed by atoms with Crippen molar-refractivity contribution in [1.29, 1.82) is 0 Å². The number of aliphatic imine (C=N–C) groups is 1. The van der Waals surface area contributed by atoms with E-state index in [0.29, 0.717) is 17.8 Å². The van der Waals surface area contributed by atoms with Crippen LogP contribution in [0.15, 0.2) is 53.5 Å². The topological polar surface area (TPSA) is 42.3 Å². The van der Waals surface area contributed by atoms with Crippen molar-refractivity contribution in [2.45, 2.75) is 20.3 Å². The van der Waals surface area contributed by atoms with Crippen molar-refractivity contribution in [3.63, 3.8) is 0 Å². The van der Waals surface area contributed by atoms with E-state index in [2.05, 4.69) is 23.2 Å². The Bertz CT molecular complexity index is 981. The molecular formula is C20H16N2O. The van der Waals surface area contributed by atoms with Gasteiger partial charge in [0.1, 0.15) is 0 Å². The molecule has 3 heteroatoms. The summed E-state index contributed by atoms with van der Waals surface area (Å²) in [6.07, 6.45) is 0.326. The van der Waals surface area contributed by atoms with Gasteiger partial charge in [-0.05, 0) is 36.2 Å². The van der Waals surface area contributed by atoms with Crippen LogP contribution in [0.2, 0.25) is 0 Å². The summed E-state index contributed by atoms with van der Waals surface area (Å²) in [4.78, 5) is 21.8. The predicted octanol–water partition coefficient (Wildman–Crippen LogP) is 4.56. The Kier molecular flexibility index (Phi) is 3.08. The number of aryl methyl sites for hydroxylation is 2. The second kappa shape index (κ2) is 5.13. The number of aromatic nitrogens is 1. The maximum atomic E-state index is 12.6. The fourth-order valence-electron chi connectivity index (χ4n) is 3.28. The van der Waals surface area contributed by atoms with Gasteiger partial charge in [-0.2, -0.15) is 0 Å². The SMILES string of the molecule is Cc1cc(C)c2c(n1)N=C(c1cccc3ccccc13)CC2=O. The summed E-state index contributed by atoms with van der Waals surface area (Å²) < 4.78 is 0. The quantitative estimate of drug-likeness (QED) is 0.661. The number of fused-ring (bicyclic) bond motifs is 2. The molecule has 0 N–H and O–H groups in total. The zero-order chi connectivity index (χ0) is 16.0. The van der Waals surface area contributed by atoms with E-state index in [4.69, 9.17) is 4.99 Å². The molecule has 3 nitrogen and oxygen atoms in total. The molecule has 2 heterocycles. The Morgan fingerprint density at radius 2 is 1.78 bits per heavy atom. The summed E-state index contributed by atoms with van der Waals surface area (Å²) in [5.74, 6) is 0.657. The van der Waals surface area contributed by atoms with Gasteiger partial charge in [-0.25, -0.2) is 9.98 Å². The van der Waals surface area contributed by atoms with Crippen LogP contribution in [-0.4, -0.2) is 16.5 Å². The Hall–Kier alpha value is -2.81. The predicted molar refractivity (Wildman–Crippen MR) is 92.8 cm³/mol. The van der Waals surface area contributed by atoms with Crippen molar-refractivity contribution in [3.05, 3.63) is 70.9 Å². The normalized spacial score (nSPS) is 13.8. The molecule has 0 unspecified atom stereocenters. The zero-order valence-corrected chi connectivity index (χ0v) is 13.1. The fraction of sp³-hybridized carbons (Fsp3) is 0.150. The fourth-order valence-corrected chi connectivity index (χ4v) is 3.28. The zero-order valence-electron chi connectivity index (χ0n) is 13.1. The lowest BCUT2D eigenvalue weighted by molar-refractivity contribution is 0.0999. The second-order valence-corrected chi connectivity index (χ2v) is 5.96.